The molecule has 0 saturated heterocycles. The molecule has 37 heavy (non-hydrogen) atoms. The molecule has 0 fully saturated rings. The van der Waals surface area contributed by atoms with Crippen molar-refractivity contribution in [2.75, 3.05) is 20.3 Å². The van der Waals surface area contributed by atoms with E-state index in [1.165, 1.54) is 19.2 Å². The standard InChI is InChI=1S/C29H40O7S/c1-8-10-18-35-28-25(21(4)12-11-13-22(5)29(30)34-9-2)19-26(23(6)27(28)33-7)36-37(31,32)24-16-14-20(3)15-17-24/h13-17,19,21H,8-12,18H2,1-7H3/b22-13-. The maximum absolute atomic E-state index is 13.1. The first-order valence-corrected chi connectivity index (χ1v) is 14.2. The van der Waals surface area contributed by atoms with Crippen LogP contribution in [0, 0.1) is 13.8 Å². The van der Waals surface area contributed by atoms with Gasteiger partial charge in [0.1, 0.15) is 10.6 Å². The van der Waals surface area contributed by atoms with Crippen LogP contribution in [-0.4, -0.2) is 34.7 Å². The molecule has 0 aromatic heterocycles. The van der Waals surface area contributed by atoms with Gasteiger partial charge in [0.05, 0.1) is 20.3 Å². The first-order valence-electron chi connectivity index (χ1n) is 12.7. The second kappa shape index (κ2) is 14.1. The van der Waals surface area contributed by atoms with Gasteiger partial charge < -0.3 is 18.4 Å². The number of carbonyl (C=O) groups excluding carboxylic acids is 1. The number of rotatable bonds is 14. The van der Waals surface area contributed by atoms with Crippen molar-refractivity contribution in [3.05, 3.63) is 58.7 Å². The Labute approximate surface area is 221 Å². The van der Waals surface area contributed by atoms with Crippen molar-refractivity contribution in [1.29, 1.82) is 0 Å². The summed E-state index contributed by atoms with van der Waals surface area (Å²) in [6, 6.07) is 8.25. The summed E-state index contributed by atoms with van der Waals surface area (Å²) >= 11 is 0. The number of carbonyl (C=O) groups is 1. The van der Waals surface area contributed by atoms with Crippen molar-refractivity contribution in [2.24, 2.45) is 0 Å². The molecular formula is C29H40O7S. The summed E-state index contributed by atoms with van der Waals surface area (Å²) < 4.78 is 48.7. The van der Waals surface area contributed by atoms with Crippen LogP contribution in [0.25, 0.3) is 0 Å². The van der Waals surface area contributed by atoms with Gasteiger partial charge >= 0.3 is 16.1 Å². The SMILES string of the molecule is CCCCOc1c(C(C)CC/C=C(/C)C(=O)OCC)cc(OS(=O)(=O)c2ccc(C)cc2)c(C)c1OC. The summed E-state index contributed by atoms with van der Waals surface area (Å²) in [6.07, 6.45) is 5.03. The lowest BCUT2D eigenvalue weighted by Crippen LogP contribution is -2.13. The van der Waals surface area contributed by atoms with E-state index in [1.54, 1.807) is 39.0 Å². The molecule has 0 bridgehead atoms. The minimum absolute atomic E-state index is 0.0400. The minimum Gasteiger partial charge on any atom is -0.492 e. The minimum atomic E-state index is -4.05. The van der Waals surface area contributed by atoms with Crippen molar-refractivity contribution < 1.29 is 31.6 Å². The topological polar surface area (TPSA) is 88.1 Å². The second-order valence-corrected chi connectivity index (χ2v) is 10.6. The Balaban J connectivity index is 2.45. The lowest BCUT2D eigenvalue weighted by Gasteiger charge is -2.23. The molecule has 1 atom stereocenters. The van der Waals surface area contributed by atoms with Gasteiger partial charge in [0.15, 0.2) is 11.5 Å². The van der Waals surface area contributed by atoms with Crippen LogP contribution in [0.3, 0.4) is 0 Å². The summed E-state index contributed by atoms with van der Waals surface area (Å²) in [5, 5.41) is 0. The van der Waals surface area contributed by atoms with Crippen LogP contribution < -0.4 is 13.7 Å². The molecule has 7 nitrogen and oxygen atoms in total. The van der Waals surface area contributed by atoms with Crippen molar-refractivity contribution in [3.8, 4) is 17.2 Å². The van der Waals surface area contributed by atoms with Crippen LogP contribution in [0.4, 0.5) is 0 Å². The molecule has 0 heterocycles. The first kappa shape index (κ1) is 30.2. The number of methoxy groups -OCH3 is 1. The zero-order chi connectivity index (χ0) is 27.6. The van der Waals surface area contributed by atoms with Crippen LogP contribution in [0.1, 0.15) is 76.0 Å². The second-order valence-electron chi connectivity index (χ2n) is 9.09. The molecule has 0 radical (unpaired) electrons. The van der Waals surface area contributed by atoms with Crippen molar-refractivity contribution >= 4 is 16.1 Å². The summed E-state index contributed by atoms with van der Waals surface area (Å²) in [5.74, 6) is 0.870. The first-order chi connectivity index (χ1) is 17.5. The van der Waals surface area contributed by atoms with Gasteiger partial charge in [0.2, 0.25) is 0 Å². The highest BCUT2D eigenvalue weighted by Gasteiger charge is 2.26. The predicted octanol–water partition coefficient (Wildman–Crippen LogP) is 6.65. The van der Waals surface area contributed by atoms with E-state index in [1.807, 2.05) is 19.9 Å². The highest BCUT2D eigenvalue weighted by Crippen LogP contribution is 2.45. The third-order valence-electron chi connectivity index (χ3n) is 6.10. The zero-order valence-corrected chi connectivity index (χ0v) is 23.9. The number of benzene rings is 2. The van der Waals surface area contributed by atoms with Gasteiger partial charge in [-0.3, -0.25) is 0 Å². The largest absolute Gasteiger partial charge is 0.492 e. The molecule has 1 unspecified atom stereocenters. The Hall–Kier alpha value is -3.00. The van der Waals surface area contributed by atoms with Crippen LogP contribution in [-0.2, 0) is 19.6 Å². The van der Waals surface area contributed by atoms with E-state index in [4.69, 9.17) is 18.4 Å². The van der Waals surface area contributed by atoms with Gasteiger partial charge in [-0.25, -0.2) is 4.79 Å². The lowest BCUT2D eigenvalue weighted by molar-refractivity contribution is -0.138. The zero-order valence-electron chi connectivity index (χ0n) is 23.1. The van der Waals surface area contributed by atoms with Crippen LogP contribution >= 0.6 is 0 Å². The number of esters is 1. The Morgan fingerprint density at radius 1 is 1.08 bits per heavy atom. The molecule has 0 saturated carbocycles. The average molecular weight is 533 g/mol. The molecule has 0 N–H and O–H groups in total. The quantitative estimate of drug-likeness (QED) is 0.116. The summed E-state index contributed by atoms with van der Waals surface area (Å²) in [4.78, 5) is 12.0. The van der Waals surface area contributed by atoms with Gasteiger partial charge in [-0.1, -0.05) is 44.0 Å². The molecule has 2 aromatic carbocycles. The average Bonchev–Trinajstić information content (AvgIpc) is 2.85. The fraction of sp³-hybridized carbons (Fsp3) is 0.483. The molecule has 8 heteroatoms. The molecule has 0 aliphatic carbocycles. The fourth-order valence-electron chi connectivity index (χ4n) is 3.80. The molecule has 0 aliphatic rings. The van der Waals surface area contributed by atoms with Crippen molar-refractivity contribution in [3.63, 3.8) is 0 Å². The lowest BCUT2D eigenvalue weighted by atomic mass is 9.93. The van der Waals surface area contributed by atoms with Gasteiger partial charge in [-0.2, -0.15) is 8.42 Å². The normalized spacial score (nSPS) is 12.7. The summed E-state index contributed by atoms with van der Waals surface area (Å²) in [6.45, 7) is 12.1. The van der Waals surface area contributed by atoms with E-state index in [0.29, 0.717) is 48.7 Å². The summed E-state index contributed by atoms with van der Waals surface area (Å²) in [7, 11) is -2.52. The van der Waals surface area contributed by atoms with E-state index in [2.05, 4.69) is 6.92 Å². The number of hydrogen-bond donors (Lipinski definition) is 0. The predicted molar refractivity (Wildman–Crippen MR) is 145 cm³/mol. The van der Waals surface area contributed by atoms with Gasteiger partial charge in [-0.05, 0) is 71.1 Å². The Morgan fingerprint density at radius 2 is 1.76 bits per heavy atom. The van der Waals surface area contributed by atoms with E-state index in [-0.39, 0.29) is 22.5 Å². The number of unbranched alkanes of at least 4 members (excludes halogenated alkanes) is 1. The van der Waals surface area contributed by atoms with E-state index < -0.39 is 10.1 Å². The fourth-order valence-corrected chi connectivity index (χ4v) is 4.77. The smallest absolute Gasteiger partial charge is 0.339 e. The maximum atomic E-state index is 13.1. The van der Waals surface area contributed by atoms with E-state index in [9.17, 15) is 13.2 Å². The molecule has 0 aliphatic heterocycles. The number of aryl methyl sites for hydroxylation is 1. The summed E-state index contributed by atoms with van der Waals surface area (Å²) in [5.41, 5.74) is 2.84. The maximum Gasteiger partial charge on any atom is 0.339 e. The van der Waals surface area contributed by atoms with Crippen molar-refractivity contribution in [1.82, 2.24) is 0 Å². The van der Waals surface area contributed by atoms with Crippen LogP contribution in [0.5, 0.6) is 17.2 Å². The molecule has 2 aromatic rings. The van der Waals surface area contributed by atoms with Crippen LogP contribution in [0.15, 0.2) is 46.9 Å². The number of hydrogen-bond acceptors (Lipinski definition) is 7. The Morgan fingerprint density at radius 3 is 2.35 bits per heavy atom. The number of allylic oxidation sites excluding steroid dienone is 1. The molecule has 204 valence electrons. The van der Waals surface area contributed by atoms with Gasteiger partial charge in [0.25, 0.3) is 0 Å². The monoisotopic (exact) mass is 532 g/mol. The highest BCUT2D eigenvalue weighted by atomic mass is 32.2. The molecule has 2 rings (SSSR count). The number of ether oxygens (including phenoxy) is 3. The Kier molecular flexibility index (Phi) is 11.5. The van der Waals surface area contributed by atoms with Crippen molar-refractivity contribution in [2.45, 2.75) is 78.0 Å². The highest BCUT2D eigenvalue weighted by molar-refractivity contribution is 7.87. The third kappa shape index (κ3) is 8.25. The third-order valence-corrected chi connectivity index (χ3v) is 7.35. The molecular weight excluding hydrogens is 492 g/mol. The molecule has 0 spiro atoms. The Bertz CT molecular complexity index is 1180. The van der Waals surface area contributed by atoms with E-state index >= 15 is 0 Å². The van der Waals surface area contributed by atoms with E-state index in [0.717, 1.165) is 24.0 Å². The van der Waals surface area contributed by atoms with Crippen LogP contribution in [0.2, 0.25) is 0 Å². The molecule has 0 amide bonds. The van der Waals surface area contributed by atoms with Gasteiger partial charge in [0, 0.05) is 16.7 Å². The van der Waals surface area contributed by atoms with Gasteiger partial charge in [-0.15, -0.1) is 0 Å².